The highest BCUT2D eigenvalue weighted by Gasteiger charge is 2.43. The molecule has 0 spiro atoms. The van der Waals surface area contributed by atoms with Crippen LogP contribution in [0.2, 0.25) is 0 Å². The molecular weight excluding hydrogens is 865 g/mol. The molecule has 5 aromatic carbocycles. The molecule has 338 valence electrons. The standard InChI is InChI=1S/C58H56N4O3S2/c1-6-10-31-57(5)49-19-15-13-17-45(49)47-28-25-42(34-51(47)57)61(43-26-29-48-46-18-14-16-20-50(46)58(32-11-7-2,33-12-8-3)52(48)35-43)41-23-21-39(22-24-41)53-30-27-44(66-53)36-54-55(63)62(65-64-9-4)56(67-54)40(37-59)38-60/h13-30,34-36H,6-12,31-33H2,1-5H3/b54-36-. The van der Waals surface area contributed by atoms with E-state index in [2.05, 4.69) is 148 Å². The van der Waals surface area contributed by atoms with E-state index in [1.54, 1.807) is 24.3 Å². The van der Waals surface area contributed by atoms with Gasteiger partial charge in [-0.3, -0.25) is 4.79 Å². The fourth-order valence-corrected chi connectivity index (χ4v) is 12.6. The summed E-state index contributed by atoms with van der Waals surface area (Å²) >= 11 is 2.59. The van der Waals surface area contributed by atoms with Gasteiger partial charge >= 0.3 is 5.56 Å². The van der Waals surface area contributed by atoms with Gasteiger partial charge < -0.3 is 4.90 Å². The molecule has 7 nitrogen and oxygen atoms in total. The molecule has 0 saturated heterocycles. The van der Waals surface area contributed by atoms with Gasteiger partial charge in [0, 0.05) is 37.6 Å². The van der Waals surface area contributed by atoms with E-state index in [1.165, 1.54) is 57.3 Å². The van der Waals surface area contributed by atoms with Gasteiger partial charge in [0.1, 0.15) is 12.1 Å². The molecule has 0 saturated carbocycles. The highest BCUT2D eigenvalue weighted by molar-refractivity contribution is 7.16. The van der Waals surface area contributed by atoms with E-state index in [0.717, 1.165) is 93.4 Å². The van der Waals surface area contributed by atoms with Gasteiger partial charge in [-0.1, -0.05) is 144 Å². The lowest BCUT2D eigenvalue weighted by Gasteiger charge is -2.34. The topological polar surface area (TPSA) is 91.3 Å². The summed E-state index contributed by atoms with van der Waals surface area (Å²) in [5, 5.41) is 19.1. The highest BCUT2D eigenvalue weighted by atomic mass is 32.1. The van der Waals surface area contributed by atoms with Gasteiger partial charge in [-0.15, -0.1) is 22.7 Å². The van der Waals surface area contributed by atoms with Crippen LogP contribution < -0.4 is 24.6 Å². The second-order valence-electron chi connectivity index (χ2n) is 18.0. The highest BCUT2D eigenvalue weighted by Crippen LogP contribution is 2.57. The molecule has 9 rings (SSSR count). The van der Waals surface area contributed by atoms with Crippen molar-refractivity contribution < 1.29 is 9.88 Å². The first kappa shape index (κ1) is 45.7. The maximum atomic E-state index is 13.4. The van der Waals surface area contributed by atoms with E-state index in [9.17, 15) is 15.3 Å². The predicted octanol–water partition coefficient (Wildman–Crippen LogP) is 13.6. The number of anilines is 3. The molecule has 0 fully saturated rings. The Morgan fingerprint density at radius 3 is 1.87 bits per heavy atom. The van der Waals surface area contributed by atoms with Crippen LogP contribution in [0.3, 0.4) is 0 Å². The zero-order valence-corrected chi connectivity index (χ0v) is 40.7. The number of nitrogens with zero attached hydrogens (tertiary/aromatic N) is 4. The predicted molar refractivity (Wildman–Crippen MR) is 275 cm³/mol. The van der Waals surface area contributed by atoms with Crippen LogP contribution in [-0.4, -0.2) is 11.3 Å². The summed E-state index contributed by atoms with van der Waals surface area (Å²) < 4.78 is 1.29. The van der Waals surface area contributed by atoms with E-state index in [-0.39, 0.29) is 27.7 Å². The van der Waals surface area contributed by atoms with Crippen LogP contribution in [0.25, 0.3) is 44.3 Å². The first-order valence-corrected chi connectivity index (χ1v) is 25.4. The lowest BCUT2D eigenvalue weighted by molar-refractivity contribution is -0.293. The van der Waals surface area contributed by atoms with Crippen molar-refractivity contribution in [2.45, 2.75) is 103 Å². The third-order valence-electron chi connectivity index (χ3n) is 13.9. The molecular formula is C58H56N4O3S2. The van der Waals surface area contributed by atoms with Crippen molar-refractivity contribution in [2.75, 3.05) is 11.5 Å². The van der Waals surface area contributed by atoms with E-state index in [0.29, 0.717) is 4.53 Å². The number of fused-ring (bicyclic) bond motifs is 6. The molecule has 2 aliphatic rings. The Balaban J connectivity index is 1.16. The molecule has 0 radical (unpaired) electrons. The molecule has 67 heavy (non-hydrogen) atoms. The van der Waals surface area contributed by atoms with Crippen molar-refractivity contribution in [2.24, 2.45) is 0 Å². The minimum atomic E-state index is -0.500. The Bertz CT molecular complexity index is 3210. The quantitative estimate of drug-likeness (QED) is 0.0667. The summed E-state index contributed by atoms with van der Waals surface area (Å²) in [6.45, 7) is 11.3. The number of hydrogen-bond donors (Lipinski definition) is 0. The van der Waals surface area contributed by atoms with Crippen molar-refractivity contribution in [3.8, 4) is 44.8 Å². The van der Waals surface area contributed by atoms with Gasteiger partial charge in [0.25, 0.3) is 0 Å². The van der Waals surface area contributed by atoms with Crippen LogP contribution in [0.5, 0.6) is 0 Å². The number of nitriles is 2. The van der Waals surface area contributed by atoms with Crippen molar-refractivity contribution in [3.05, 3.63) is 168 Å². The Hall–Kier alpha value is -6.49. The minimum absolute atomic E-state index is 0.0459. The molecule has 2 heterocycles. The number of benzene rings is 5. The van der Waals surface area contributed by atoms with Crippen LogP contribution in [-0.2, 0) is 15.7 Å². The maximum Gasteiger partial charge on any atom is 0.304 e. The van der Waals surface area contributed by atoms with Gasteiger partial charge in [0.05, 0.1) is 11.1 Å². The third-order valence-corrected chi connectivity index (χ3v) is 16.1. The Kier molecular flexibility index (Phi) is 13.2. The van der Waals surface area contributed by atoms with Crippen molar-refractivity contribution in [3.63, 3.8) is 0 Å². The van der Waals surface area contributed by atoms with E-state index < -0.39 is 5.56 Å². The lowest BCUT2D eigenvalue weighted by atomic mass is 9.71. The summed E-state index contributed by atoms with van der Waals surface area (Å²) in [6.07, 6.45) is 12.1. The second kappa shape index (κ2) is 19.4. The van der Waals surface area contributed by atoms with Gasteiger partial charge in [0.2, 0.25) is 0 Å². The van der Waals surface area contributed by atoms with Crippen LogP contribution in [0.4, 0.5) is 17.1 Å². The Labute approximate surface area is 402 Å². The normalized spacial score (nSPS) is 15.3. The van der Waals surface area contributed by atoms with Crippen LogP contribution >= 0.6 is 22.7 Å². The largest absolute Gasteiger partial charge is 0.310 e. The summed E-state index contributed by atoms with van der Waals surface area (Å²) in [5.74, 6) is 0. The Morgan fingerprint density at radius 1 is 0.657 bits per heavy atom. The van der Waals surface area contributed by atoms with Crippen molar-refractivity contribution in [1.82, 2.24) is 4.73 Å². The molecule has 0 bridgehead atoms. The molecule has 7 aromatic rings. The monoisotopic (exact) mass is 920 g/mol. The molecule has 0 aliphatic heterocycles. The number of aromatic nitrogens is 1. The SMILES string of the molecule is CCCCC1(C)c2ccccc2-c2ccc(N(c3ccc(-c4ccc(/C=c5\sc(=C(C#N)C#N)n(OOCC)c5=O)s4)cc3)c3ccc4c(c3)C(CCCC)(CCCC)c3ccccc3-4)cc21. The first-order valence-electron chi connectivity index (χ1n) is 23.8. The number of hydrogen-bond acceptors (Lipinski definition) is 8. The zero-order chi connectivity index (χ0) is 46.7. The molecule has 1 atom stereocenters. The smallest absolute Gasteiger partial charge is 0.304 e. The van der Waals surface area contributed by atoms with Gasteiger partial charge in [0.15, 0.2) is 10.2 Å². The zero-order valence-electron chi connectivity index (χ0n) is 39.0. The van der Waals surface area contributed by atoms with Gasteiger partial charge in [-0.25, -0.2) is 4.99 Å². The molecule has 0 amide bonds. The van der Waals surface area contributed by atoms with E-state index >= 15 is 0 Å². The van der Waals surface area contributed by atoms with Crippen LogP contribution in [0.15, 0.2) is 126 Å². The Morgan fingerprint density at radius 2 is 1.22 bits per heavy atom. The van der Waals surface area contributed by atoms with E-state index in [4.69, 9.17) is 9.88 Å². The van der Waals surface area contributed by atoms with Crippen LogP contribution in [0.1, 0.15) is 120 Å². The van der Waals surface area contributed by atoms with Crippen LogP contribution in [0, 0.1) is 22.7 Å². The van der Waals surface area contributed by atoms with E-state index in [1.807, 2.05) is 18.2 Å². The number of rotatable bonds is 17. The first-order chi connectivity index (χ1) is 32.7. The second-order valence-corrected chi connectivity index (χ2v) is 20.1. The number of thiophene rings is 1. The molecule has 0 N–H and O–H groups in total. The fraction of sp³-hybridized carbons (Fsp3) is 0.293. The molecule has 1 unspecified atom stereocenters. The minimum Gasteiger partial charge on any atom is -0.310 e. The number of unbranched alkanes of at least 4 members (excludes halogenated alkanes) is 3. The lowest BCUT2D eigenvalue weighted by Crippen LogP contribution is -2.37. The average Bonchev–Trinajstić information content (AvgIpc) is 4.09. The summed E-state index contributed by atoms with van der Waals surface area (Å²) in [4.78, 5) is 28.0. The molecule has 9 heteroatoms. The van der Waals surface area contributed by atoms with Crippen molar-refractivity contribution in [1.29, 1.82) is 10.5 Å². The van der Waals surface area contributed by atoms with Crippen molar-refractivity contribution >= 4 is 51.4 Å². The fourth-order valence-electron chi connectivity index (χ4n) is 10.6. The molecule has 2 aromatic heterocycles. The van der Waals surface area contributed by atoms with Gasteiger partial charge in [-0.05, 0) is 131 Å². The summed E-state index contributed by atoms with van der Waals surface area (Å²) in [5.41, 5.74) is 14.7. The summed E-state index contributed by atoms with van der Waals surface area (Å²) in [7, 11) is 0. The average molecular weight is 921 g/mol. The maximum absolute atomic E-state index is 13.4. The molecule has 2 aliphatic carbocycles. The van der Waals surface area contributed by atoms with Gasteiger partial charge in [-0.2, -0.15) is 15.4 Å². The third kappa shape index (κ3) is 8.14. The number of thiazole rings is 1. The summed E-state index contributed by atoms with van der Waals surface area (Å²) in [6, 6.07) is 49.1.